The van der Waals surface area contributed by atoms with Gasteiger partial charge in [-0.1, -0.05) is 0 Å². The maximum Gasteiger partial charge on any atom is 0.430 e. The molecule has 0 bridgehead atoms. The summed E-state index contributed by atoms with van der Waals surface area (Å²) in [6.45, 7) is 4.49. The molecule has 0 radical (unpaired) electrons. The fourth-order valence-corrected chi connectivity index (χ4v) is 4.99. The summed E-state index contributed by atoms with van der Waals surface area (Å²) in [6, 6.07) is 7.35. The van der Waals surface area contributed by atoms with Crippen LogP contribution in [0.2, 0.25) is 0 Å². The Morgan fingerprint density at radius 2 is 1.56 bits per heavy atom. The number of benzene rings is 1. The van der Waals surface area contributed by atoms with Gasteiger partial charge >= 0.3 is 12.4 Å². The fraction of sp³-hybridized carbons (Fsp3) is 0.407. The summed E-state index contributed by atoms with van der Waals surface area (Å²) in [4.78, 5) is 8.29. The van der Waals surface area contributed by atoms with Gasteiger partial charge in [-0.15, -0.1) is 0 Å². The molecule has 0 aliphatic heterocycles. The van der Waals surface area contributed by atoms with Crippen LogP contribution >= 0.6 is 0 Å². The van der Waals surface area contributed by atoms with Gasteiger partial charge in [0.2, 0.25) is 0 Å². The van der Waals surface area contributed by atoms with Gasteiger partial charge in [0.05, 0.1) is 22.8 Å². The van der Waals surface area contributed by atoms with E-state index in [4.69, 9.17) is 5.10 Å². The minimum Gasteiger partial charge on any atom is -0.369 e. The summed E-state index contributed by atoms with van der Waals surface area (Å²) in [5.41, 5.74) is -4.32. The van der Waals surface area contributed by atoms with E-state index in [1.54, 1.807) is 12.1 Å². The molecule has 0 atom stereocenters. The van der Waals surface area contributed by atoms with Crippen molar-refractivity contribution < 1.29 is 35.8 Å². The largest absolute Gasteiger partial charge is 0.430 e. The molecular formula is C27H25F7N6O. The van der Waals surface area contributed by atoms with E-state index < -0.39 is 34.9 Å². The van der Waals surface area contributed by atoms with Gasteiger partial charge in [0.15, 0.2) is 5.82 Å². The van der Waals surface area contributed by atoms with Gasteiger partial charge in [0.25, 0.3) is 5.60 Å². The molecule has 1 N–H and O–H groups in total. The standard InChI is InChI=1S/C27H25F7N6O/c1-14-21(39(12-17-4-5-17)38-24(14)18-6-8-19(28)9-7-18)10-20-11-22(36-13-35-20)40-16(3)23(15(2)37-40)25(41,26(29,30)31)27(32,33)34/h6-9,11,13,17,41H,4-5,10,12H2,1-3H3. The van der Waals surface area contributed by atoms with Crippen LogP contribution in [-0.4, -0.2) is 47.0 Å². The molecule has 0 spiro atoms. The van der Waals surface area contributed by atoms with Crippen molar-refractivity contribution in [3.8, 4) is 17.1 Å². The predicted octanol–water partition coefficient (Wildman–Crippen LogP) is 5.90. The number of nitrogens with zero attached hydrogens (tertiary/aromatic N) is 6. The minimum absolute atomic E-state index is 0.0711. The van der Waals surface area contributed by atoms with Crippen molar-refractivity contribution in [1.82, 2.24) is 29.5 Å². The van der Waals surface area contributed by atoms with E-state index in [-0.39, 0.29) is 18.1 Å². The predicted molar refractivity (Wildman–Crippen MR) is 133 cm³/mol. The van der Waals surface area contributed by atoms with Crippen molar-refractivity contribution in [1.29, 1.82) is 0 Å². The lowest BCUT2D eigenvalue weighted by Gasteiger charge is -2.32. The molecule has 5 rings (SSSR count). The molecule has 0 amide bonds. The first-order chi connectivity index (χ1) is 19.1. The fourth-order valence-electron chi connectivity index (χ4n) is 4.99. The van der Waals surface area contributed by atoms with E-state index in [9.17, 15) is 35.8 Å². The first kappa shape index (κ1) is 28.7. The Bertz CT molecular complexity index is 1570. The minimum atomic E-state index is -6.05. The van der Waals surface area contributed by atoms with Crippen LogP contribution in [0.1, 0.15) is 46.7 Å². The van der Waals surface area contributed by atoms with Crippen LogP contribution in [0.5, 0.6) is 0 Å². The summed E-state index contributed by atoms with van der Waals surface area (Å²) in [6.07, 6.45) is -8.62. The normalized spacial score (nSPS) is 14.6. The number of hydrogen-bond donors (Lipinski definition) is 1. The smallest absolute Gasteiger partial charge is 0.369 e. The average Bonchev–Trinajstić information content (AvgIpc) is 3.59. The number of aryl methyl sites for hydroxylation is 1. The maximum absolute atomic E-state index is 13.6. The van der Waals surface area contributed by atoms with Crippen molar-refractivity contribution in [2.45, 2.75) is 64.5 Å². The molecule has 7 nitrogen and oxygen atoms in total. The third-order valence-corrected chi connectivity index (χ3v) is 7.31. The number of rotatable bonds is 7. The molecule has 1 aromatic carbocycles. The highest BCUT2D eigenvalue weighted by Gasteiger charge is 2.73. The van der Waals surface area contributed by atoms with Crippen molar-refractivity contribution in [3.63, 3.8) is 0 Å². The zero-order valence-electron chi connectivity index (χ0n) is 22.1. The van der Waals surface area contributed by atoms with E-state index in [1.807, 2.05) is 11.6 Å². The van der Waals surface area contributed by atoms with Gasteiger partial charge in [-0.05, 0) is 69.4 Å². The van der Waals surface area contributed by atoms with Crippen LogP contribution in [0.3, 0.4) is 0 Å². The van der Waals surface area contributed by atoms with E-state index in [1.165, 1.54) is 18.2 Å². The molecule has 3 aromatic heterocycles. The molecule has 1 saturated carbocycles. The molecule has 41 heavy (non-hydrogen) atoms. The van der Waals surface area contributed by atoms with Crippen LogP contribution in [-0.2, 0) is 18.6 Å². The molecule has 1 aliphatic carbocycles. The Labute approximate surface area is 229 Å². The topological polar surface area (TPSA) is 81.7 Å². The molecular weight excluding hydrogens is 557 g/mol. The van der Waals surface area contributed by atoms with Crippen LogP contribution in [0.25, 0.3) is 17.1 Å². The highest BCUT2D eigenvalue weighted by molar-refractivity contribution is 5.64. The molecule has 4 aromatic rings. The second-order valence-electron chi connectivity index (χ2n) is 10.3. The average molecular weight is 583 g/mol. The van der Waals surface area contributed by atoms with Crippen molar-refractivity contribution in [2.24, 2.45) is 5.92 Å². The number of aliphatic hydroxyl groups is 1. The van der Waals surface area contributed by atoms with Gasteiger partial charge in [0, 0.05) is 35.9 Å². The van der Waals surface area contributed by atoms with E-state index >= 15 is 0 Å². The van der Waals surface area contributed by atoms with Crippen LogP contribution in [0, 0.1) is 32.5 Å². The van der Waals surface area contributed by atoms with Crippen molar-refractivity contribution in [3.05, 3.63) is 76.4 Å². The number of hydrogen-bond acceptors (Lipinski definition) is 5. The Morgan fingerprint density at radius 1 is 0.927 bits per heavy atom. The Kier molecular flexibility index (Phi) is 6.95. The second-order valence-corrected chi connectivity index (χ2v) is 10.3. The first-order valence-electron chi connectivity index (χ1n) is 12.7. The van der Waals surface area contributed by atoms with Gasteiger partial charge in [-0.3, -0.25) is 4.68 Å². The van der Waals surface area contributed by atoms with Gasteiger partial charge in [-0.25, -0.2) is 19.0 Å². The Hall–Kier alpha value is -3.81. The molecule has 14 heteroatoms. The highest BCUT2D eigenvalue weighted by Crippen LogP contribution is 2.51. The quantitative estimate of drug-likeness (QED) is 0.275. The number of alkyl halides is 6. The summed E-state index contributed by atoms with van der Waals surface area (Å²) >= 11 is 0. The third-order valence-electron chi connectivity index (χ3n) is 7.31. The summed E-state index contributed by atoms with van der Waals surface area (Å²) < 4.78 is 97.9. The Morgan fingerprint density at radius 3 is 2.15 bits per heavy atom. The van der Waals surface area contributed by atoms with Gasteiger partial charge in [-0.2, -0.15) is 36.5 Å². The number of halogens is 7. The SMILES string of the molecule is Cc1nn(-c2cc(Cc3c(C)c(-c4ccc(F)cc4)nn3CC3CC3)ncn2)c(C)c1C(O)(C(F)(F)F)C(F)(F)F. The van der Waals surface area contributed by atoms with Gasteiger partial charge < -0.3 is 5.11 Å². The summed E-state index contributed by atoms with van der Waals surface area (Å²) in [5, 5.41) is 18.6. The number of aromatic nitrogens is 6. The zero-order valence-corrected chi connectivity index (χ0v) is 22.1. The Balaban J connectivity index is 1.54. The lowest BCUT2D eigenvalue weighted by atomic mass is 9.90. The first-order valence-corrected chi connectivity index (χ1v) is 12.7. The third kappa shape index (κ3) is 5.09. The van der Waals surface area contributed by atoms with Crippen LogP contribution in [0.4, 0.5) is 30.7 Å². The highest BCUT2D eigenvalue weighted by atomic mass is 19.4. The molecule has 1 aliphatic rings. The molecule has 0 saturated heterocycles. The van der Waals surface area contributed by atoms with Crippen molar-refractivity contribution in [2.75, 3.05) is 0 Å². The zero-order chi connectivity index (χ0) is 29.9. The van der Waals surface area contributed by atoms with E-state index in [0.29, 0.717) is 23.9 Å². The summed E-state index contributed by atoms with van der Waals surface area (Å²) in [5.74, 6) is 0.0104. The lowest BCUT2D eigenvalue weighted by Crippen LogP contribution is -2.54. The van der Waals surface area contributed by atoms with Crippen molar-refractivity contribution >= 4 is 0 Å². The van der Waals surface area contributed by atoms with E-state index in [0.717, 1.165) is 54.5 Å². The second kappa shape index (κ2) is 9.93. The monoisotopic (exact) mass is 582 g/mol. The van der Waals surface area contributed by atoms with Crippen LogP contribution < -0.4 is 0 Å². The molecule has 0 unspecified atom stereocenters. The molecule has 3 heterocycles. The maximum atomic E-state index is 13.6. The molecule has 1 fully saturated rings. The van der Waals surface area contributed by atoms with Crippen LogP contribution in [0.15, 0.2) is 36.7 Å². The molecule has 218 valence electrons. The lowest BCUT2D eigenvalue weighted by molar-refractivity contribution is -0.376. The summed E-state index contributed by atoms with van der Waals surface area (Å²) in [7, 11) is 0. The van der Waals surface area contributed by atoms with E-state index in [2.05, 4.69) is 15.1 Å². The van der Waals surface area contributed by atoms with Gasteiger partial charge in [0.1, 0.15) is 12.1 Å².